The van der Waals surface area contributed by atoms with Gasteiger partial charge in [0.25, 0.3) is 0 Å². The Labute approximate surface area is 214 Å². The fourth-order valence-electron chi connectivity index (χ4n) is 7.23. The minimum Gasteiger partial charge on any atom is -0.454 e. The van der Waals surface area contributed by atoms with Crippen LogP contribution >= 0.6 is 0 Å². The van der Waals surface area contributed by atoms with Crippen LogP contribution in [0.3, 0.4) is 0 Å². The van der Waals surface area contributed by atoms with Gasteiger partial charge in [-0.05, 0) is 62.2 Å². The molecule has 3 heteroatoms. The van der Waals surface area contributed by atoms with Crippen LogP contribution in [0, 0.1) is 6.92 Å². The Bertz CT molecular complexity index is 2000. The lowest BCUT2D eigenvalue weighted by Crippen LogP contribution is -2.71. The van der Waals surface area contributed by atoms with Gasteiger partial charge in [0.1, 0.15) is 27.9 Å². The molecule has 0 bridgehead atoms. The molecule has 9 rings (SSSR count). The quantitative estimate of drug-likeness (QED) is 0.224. The zero-order valence-electron chi connectivity index (χ0n) is 20.7. The average molecular weight is 477 g/mol. The maximum atomic E-state index is 6.89. The van der Waals surface area contributed by atoms with Gasteiger partial charge in [-0.1, -0.05) is 35.9 Å². The molecular weight excluding hydrogens is 452 g/mol. The lowest BCUT2D eigenvalue weighted by molar-refractivity contribution is -0.955. The van der Waals surface area contributed by atoms with Gasteiger partial charge < -0.3 is 4.42 Å². The molecule has 1 aliphatic carbocycles. The van der Waals surface area contributed by atoms with Crippen molar-refractivity contribution in [1.29, 1.82) is 0 Å². The van der Waals surface area contributed by atoms with Gasteiger partial charge in [0, 0.05) is 40.1 Å². The minimum atomic E-state index is -0.504. The summed E-state index contributed by atoms with van der Waals surface area (Å²) < 4.78 is 11.8. The van der Waals surface area contributed by atoms with E-state index in [1.165, 1.54) is 66.7 Å². The molecule has 2 aliphatic heterocycles. The minimum absolute atomic E-state index is 0.504. The van der Waals surface area contributed by atoms with Crippen molar-refractivity contribution >= 4 is 28.0 Å². The molecule has 0 saturated carbocycles. The predicted molar refractivity (Wildman–Crippen MR) is 145 cm³/mol. The summed E-state index contributed by atoms with van der Waals surface area (Å²) in [6, 6.07) is 29.0. The summed E-state index contributed by atoms with van der Waals surface area (Å²) in [5.74, 6) is 0. The lowest BCUT2D eigenvalue weighted by Gasteiger charge is -2.17. The molecule has 3 aromatic heterocycles. The fourth-order valence-corrected chi connectivity index (χ4v) is 7.23. The number of fused-ring (bicyclic) bond motifs is 16. The number of hydrogen-bond donors (Lipinski definition) is 0. The maximum absolute atomic E-state index is 6.89. The first kappa shape index (κ1) is 19.7. The van der Waals surface area contributed by atoms with Crippen molar-refractivity contribution in [2.75, 3.05) is 0 Å². The van der Waals surface area contributed by atoms with E-state index in [0.29, 0.717) is 0 Å². The van der Waals surface area contributed by atoms with Gasteiger partial charge in [0.2, 0.25) is 11.4 Å². The smallest absolute Gasteiger partial charge is 0.417 e. The number of aryl methyl sites for hydroxylation is 1. The normalized spacial score (nSPS) is 18.2. The van der Waals surface area contributed by atoms with Crippen molar-refractivity contribution in [1.82, 2.24) is 0 Å². The maximum Gasteiger partial charge on any atom is 0.417 e. The molecule has 0 saturated heterocycles. The zero-order chi connectivity index (χ0) is 24.5. The monoisotopic (exact) mass is 476 g/mol. The second-order valence-electron chi connectivity index (χ2n) is 10.8. The molecule has 6 aromatic rings. The van der Waals surface area contributed by atoms with Crippen LogP contribution < -0.4 is 9.13 Å². The molecule has 0 fully saturated rings. The molecule has 0 radical (unpaired) electrons. The second-order valence-corrected chi connectivity index (χ2v) is 10.8. The summed E-state index contributed by atoms with van der Waals surface area (Å²) >= 11 is 0. The first-order valence-corrected chi connectivity index (χ1v) is 13.0. The summed E-state index contributed by atoms with van der Waals surface area (Å²) in [5.41, 5.74) is 14.2. The summed E-state index contributed by atoms with van der Waals surface area (Å²) in [4.78, 5) is 0. The van der Waals surface area contributed by atoms with Crippen molar-refractivity contribution in [3.05, 3.63) is 125 Å². The van der Waals surface area contributed by atoms with E-state index >= 15 is 0 Å². The van der Waals surface area contributed by atoms with Crippen molar-refractivity contribution < 1.29 is 13.6 Å². The lowest BCUT2D eigenvalue weighted by atomic mass is 9.89. The van der Waals surface area contributed by atoms with E-state index in [9.17, 15) is 0 Å². The van der Waals surface area contributed by atoms with Crippen molar-refractivity contribution in [3.8, 4) is 22.5 Å². The van der Waals surface area contributed by atoms with Gasteiger partial charge in [-0.3, -0.25) is 0 Å². The number of aromatic nitrogens is 2. The van der Waals surface area contributed by atoms with Gasteiger partial charge in [0.15, 0.2) is 12.4 Å². The van der Waals surface area contributed by atoms with Crippen LogP contribution in [-0.4, -0.2) is 0 Å². The van der Waals surface area contributed by atoms with Crippen LogP contribution in [0.15, 0.2) is 101 Å². The Kier molecular flexibility index (Phi) is 3.42. The number of allylic oxidation sites excluding steroid dienone is 1. The van der Waals surface area contributed by atoms with Gasteiger partial charge >= 0.3 is 5.66 Å². The van der Waals surface area contributed by atoms with Gasteiger partial charge in [0.05, 0.1) is 5.56 Å². The molecule has 1 atom stereocenters. The van der Waals surface area contributed by atoms with Crippen LogP contribution in [0.1, 0.15) is 34.7 Å². The molecule has 1 spiro atoms. The Balaban J connectivity index is 1.49. The molecule has 174 valence electrons. The Morgan fingerprint density at radius 3 is 2.51 bits per heavy atom. The molecule has 0 N–H and O–H groups in total. The number of rotatable bonds is 0. The van der Waals surface area contributed by atoms with Gasteiger partial charge in [-0.25, -0.2) is 0 Å². The highest BCUT2D eigenvalue weighted by molar-refractivity contribution is 6.12. The molecule has 3 aliphatic rings. The third kappa shape index (κ3) is 2.17. The molecule has 0 amide bonds. The second kappa shape index (κ2) is 6.43. The molecule has 3 aromatic carbocycles. The van der Waals surface area contributed by atoms with Crippen molar-refractivity contribution in [2.45, 2.75) is 25.9 Å². The first-order chi connectivity index (χ1) is 18.2. The number of pyridine rings is 2. The largest absolute Gasteiger partial charge is 0.454 e. The van der Waals surface area contributed by atoms with Crippen LogP contribution in [0.25, 0.3) is 50.5 Å². The predicted octanol–water partition coefficient (Wildman–Crippen LogP) is 6.69. The SMILES string of the molecule is CC1=Cc2c(ccc3c2oc2c4c(ccc23)C2(c3ccccc3-c3cccc[n+]32)[n+]2cc(C)ccc2-4)C1. The molecular formula is C34H24N2O+2. The first-order valence-electron chi connectivity index (χ1n) is 13.0. The fraction of sp³-hybridized carbons (Fsp3) is 0.118. The molecule has 1 unspecified atom stereocenters. The Hall–Kier alpha value is -4.50. The van der Waals surface area contributed by atoms with E-state index in [4.69, 9.17) is 4.42 Å². The topological polar surface area (TPSA) is 20.9 Å². The van der Waals surface area contributed by atoms with E-state index in [1.54, 1.807) is 0 Å². The summed E-state index contributed by atoms with van der Waals surface area (Å²) in [6.45, 7) is 4.38. The summed E-state index contributed by atoms with van der Waals surface area (Å²) in [5, 5.41) is 2.38. The highest BCUT2D eigenvalue weighted by Crippen LogP contribution is 2.50. The van der Waals surface area contributed by atoms with E-state index in [2.05, 4.69) is 120 Å². The highest BCUT2D eigenvalue weighted by atomic mass is 16.3. The third-order valence-electron chi connectivity index (χ3n) is 8.66. The van der Waals surface area contributed by atoms with E-state index in [1.807, 2.05) is 0 Å². The molecule has 3 nitrogen and oxygen atoms in total. The van der Waals surface area contributed by atoms with Crippen molar-refractivity contribution in [3.63, 3.8) is 0 Å². The Morgan fingerprint density at radius 2 is 1.57 bits per heavy atom. The van der Waals surface area contributed by atoms with Crippen LogP contribution in [0.5, 0.6) is 0 Å². The average Bonchev–Trinajstić information content (AvgIpc) is 3.64. The summed E-state index contributed by atoms with van der Waals surface area (Å²) in [7, 11) is 0. The number of hydrogen-bond acceptors (Lipinski definition) is 1. The number of nitrogens with zero attached hydrogens (tertiary/aromatic N) is 2. The van der Waals surface area contributed by atoms with Crippen LogP contribution in [-0.2, 0) is 12.1 Å². The zero-order valence-corrected chi connectivity index (χ0v) is 20.7. The van der Waals surface area contributed by atoms with Gasteiger partial charge in [-0.2, -0.15) is 0 Å². The molecule has 5 heterocycles. The van der Waals surface area contributed by atoms with Crippen molar-refractivity contribution in [2.24, 2.45) is 0 Å². The van der Waals surface area contributed by atoms with E-state index in [-0.39, 0.29) is 0 Å². The number of benzene rings is 3. The standard InChI is InChI=1S/C34H24N2O/c1-20-10-15-30-31-28(14-13-24-23-12-11-22-17-21(2)18-26(22)32(23)37-33(24)31)34(36(30)19-20)27-8-4-3-7-25(27)29-9-5-6-16-35(29)34/h3-16,18-19H,17H2,1-2H3/q+2. The van der Waals surface area contributed by atoms with E-state index < -0.39 is 5.66 Å². The third-order valence-corrected chi connectivity index (χ3v) is 8.66. The van der Waals surface area contributed by atoms with Crippen LogP contribution in [0.2, 0.25) is 0 Å². The molecule has 37 heavy (non-hydrogen) atoms. The highest BCUT2D eigenvalue weighted by Gasteiger charge is 2.67. The summed E-state index contributed by atoms with van der Waals surface area (Å²) in [6.07, 6.45) is 7.84. The Morgan fingerprint density at radius 1 is 0.730 bits per heavy atom. The van der Waals surface area contributed by atoms with Gasteiger partial charge in [-0.15, -0.1) is 9.13 Å². The number of furan rings is 1. The van der Waals surface area contributed by atoms with Crippen LogP contribution in [0.4, 0.5) is 0 Å². The van der Waals surface area contributed by atoms with E-state index in [0.717, 1.165) is 17.6 Å².